The zero-order valence-corrected chi connectivity index (χ0v) is 17.0. The fourth-order valence-electron chi connectivity index (χ4n) is 2.68. The molecule has 0 saturated carbocycles. The molecule has 27 heavy (non-hydrogen) atoms. The maximum atomic E-state index is 12.8. The Morgan fingerprint density at radius 1 is 1.00 bits per heavy atom. The summed E-state index contributed by atoms with van der Waals surface area (Å²) in [5, 5.41) is 1.12. The van der Waals surface area contributed by atoms with Gasteiger partial charge in [0.1, 0.15) is 5.75 Å². The summed E-state index contributed by atoms with van der Waals surface area (Å²) >= 11 is 13.9. The molecule has 0 radical (unpaired) electrons. The van der Waals surface area contributed by atoms with Gasteiger partial charge < -0.3 is 4.74 Å². The molecule has 3 aromatic rings. The Morgan fingerprint density at radius 3 is 2.33 bits per heavy atom. The van der Waals surface area contributed by atoms with E-state index >= 15 is 0 Å². The number of carbonyl (C=O) groups excluding carboxylic acids is 1. The molecular formula is C22H18Cl2O2S. The summed E-state index contributed by atoms with van der Waals surface area (Å²) in [6, 6.07) is 22.6. The lowest BCUT2D eigenvalue weighted by Gasteiger charge is -2.17. The first-order valence-electron chi connectivity index (χ1n) is 8.40. The van der Waals surface area contributed by atoms with Gasteiger partial charge in [0, 0.05) is 27.2 Å². The molecular weight excluding hydrogens is 399 g/mol. The lowest BCUT2D eigenvalue weighted by molar-refractivity contribution is 0.0982. The maximum absolute atomic E-state index is 12.8. The number of rotatable bonds is 7. The number of methoxy groups -OCH3 is 1. The van der Waals surface area contributed by atoms with Gasteiger partial charge >= 0.3 is 0 Å². The monoisotopic (exact) mass is 416 g/mol. The van der Waals surface area contributed by atoms with E-state index in [9.17, 15) is 4.79 Å². The largest absolute Gasteiger partial charge is 0.497 e. The number of hydrogen-bond donors (Lipinski definition) is 0. The second-order valence-electron chi connectivity index (χ2n) is 5.95. The predicted octanol–water partition coefficient (Wildman–Crippen LogP) is 7.11. The van der Waals surface area contributed by atoms with Gasteiger partial charge in [-0.3, -0.25) is 4.79 Å². The Labute approximate surface area is 173 Å². The molecule has 0 aliphatic rings. The molecule has 0 aliphatic carbocycles. The van der Waals surface area contributed by atoms with Crippen LogP contribution in [0.3, 0.4) is 0 Å². The zero-order valence-electron chi connectivity index (χ0n) is 14.7. The molecule has 0 bridgehead atoms. The first-order valence-corrected chi connectivity index (χ1v) is 10.0. The molecule has 0 heterocycles. The number of thioether (sulfide) groups is 1. The molecule has 1 atom stereocenters. The van der Waals surface area contributed by atoms with E-state index in [2.05, 4.69) is 0 Å². The molecule has 0 saturated heterocycles. The smallest absolute Gasteiger partial charge is 0.164 e. The van der Waals surface area contributed by atoms with Gasteiger partial charge in [0.15, 0.2) is 5.78 Å². The van der Waals surface area contributed by atoms with Gasteiger partial charge in [-0.05, 0) is 48.0 Å². The summed E-state index contributed by atoms with van der Waals surface area (Å²) in [5.41, 5.74) is 1.75. The summed E-state index contributed by atoms with van der Waals surface area (Å²) in [6.07, 6.45) is 0.361. The van der Waals surface area contributed by atoms with Crippen LogP contribution in [0.1, 0.15) is 27.6 Å². The molecule has 0 aliphatic heterocycles. The van der Waals surface area contributed by atoms with E-state index in [1.165, 1.54) is 0 Å². The Morgan fingerprint density at radius 2 is 1.70 bits per heavy atom. The van der Waals surface area contributed by atoms with Gasteiger partial charge in [0.05, 0.1) is 12.1 Å². The average molecular weight is 417 g/mol. The molecule has 138 valence electrons. The van der Waals surface area contributed by atoms with Crippen LogP contribution in [0.4, 0.5) is 0 Å². The molecule has 0 fully saturated rings. The highest BCUT2D eigenvalue weighted by Crippen LogP contribution is 2.42. The molecule has 0 amide bonds. The number of Topliss-reactive ketones (excluding diaryl/α,β-unsaturated/α-hetero) is 1. The minimum Gasteiger partial charge on any atom is -0.497 e. The fraction of sp³-hybridized carbons (Fsp3) is 0.136. The van der Waals surface area contributed by atoms with Crippen molar-refractivity contribution in [3.63, 3.8) is 0 Å². The summed E-state index contributed by atoms with van der Waals surface area (Å²) in [4.78, 5) is 13.7. The SMILES string of the molecule is COc1ccc(C(=O)C[C@H](Sc2ccc(Cl)cc2Cl)c2ccccc2)cc1. The first-order chi connectivity index (χ1) is 13.1. The molecule has 0 aromatic heterocycles. The Balaban J connectivity index is 1.84. The van der Waals surface area contributed by atoms with Crippen LogP contribution >= 0.6 is 35.0 Å². The predicted molar refractivity (Wildman–Crippen MR) is 113 cm³/mol. The van der Waals surface area contributed by atoms with Crippen LogP contribution in [0.2, 0.25) is 10.0 Å². The van der Waals surface area contributed by atoms with Crippen molar-refractivity contribution in [3.05, 3.63) is 94.0 Å². The van der Waals surface area contributed by atoms with Crippen LogP contribution in [0.25, 0.3) is 0 Å². The standard InChI is InChI=1S/C22H18Cl2O2S/c1-26-18-10-7-15(8-11-18)20(25)14-22(16-5-3-2-4-6-16)27-21-12-9-17(23)13-19(21)24/h2-13,22H,14H2,1H3/t22-/m0/s1. The van der Waals surface area contributed by atoms with Crippen molar-refractivity contribution in [3.8, 4) is 5.75 Å². The van der Waals surface area contributed by atoms with Crippen LogP contribution < -0.4 is 4.74 Å². The van der Waals surface area contributed by atoms with Crippen molar-refractivity contribution < 1.29 is 9.53 Å². The number of hydrogen-bond acceptors (Lipinski definition) is 3. The van der Waals surface area contributed by atoms with Gasteiger partial charge in [0.2, 0.25) is 0 Å². The average Bonchev–Trinajstić information content (AvgIpc) is 2.70. The molecule has 5 heteroatoms. The van der Waals surface area contributed by atoms with Gasteiger partial charge in [-0.2, -0.15) is 0 Å². The van der Waals surface area contributed by atoms with E-state index < -0.39 is 0 Å². The van der Waals surface area contributed by atoms with Crippen molar-refractivity contribution >= 4 is 40.7 Å². The van der Waals surface area contributed by atoms with Crippen LogP contribution in [0.15, 0.2) is 77.7 Å². The Kier molecular flexibility index (Phi) is 6.84. The Bertz CT molecular complexity index is 911. The van der Waals surface area contributed by atoms with E-state index in [4.69, 9.17) is 27.9 Å². The van der Waals surface area contributed by atoms with Crippen LogP contribution in [-0.2, 0) is 0 Å². The quantitative estimate of drug-likeness (QED) is 0.303. The van der Waals surface area contributed by atoms with Crippen molar-refractivity contribution in [2.75, 3.05) is 7.11 Å². The lowest BCUT2D eigenvalue weighted by atomic mass is 10.0. The third-order valence-electron chi connectivity index (χ3n) is 4.12. The van der Waals surface area contributed by atoms with E-state index in [-0.39, 0.29) is 11.0 Å². The number of ketones is 1. The van der Waals surface area contributed by atoms with E-state index in [0.29, 0.717) is 22.0 Å². The third-order valence-corrected chi connectivity index (χ3v) is 6.11. The van der Waals surface area contributed by atoms with Crippen molar-refractivity contribution in [2.24, 2.45) is 0 Å². The zero-order chi connectivity index (χ0) is 19.2. The molecule has 3 rings (SSSR count). The highest BCUT2D eigenvalue weighted by molar-refractivity contribution is 7.99. The maximum Gasteiger partial charge on any atom is 0.164 e. The van der Waals surface area contributed by atoms with Crippen molar-refractivity contribution in [2.45, 2.75) is 16.6 Å². The summed E-state index contributed by atoms with van der Waals surface area (Å²) in [6.45, 7) is 0. The number of benzene rings is 3. The molecule has 0 N–H and O–H groups in total. The minimum absolute atomic E-state index is 0.0560. The van der Waals surface area contributed by atoms with Crippen LogP contribution in [0.5, 0.6) is 5.75 Å². The van der Waals surface area contributed by atoms with Crippen molar-refractivity contribution in [1.29, 1.82) is 0 Å². The van der Waals surface area contributed by atoms with Gasteiger partial charge in [0.25, 0.3) is 0 Å². The normalized spacial score (nSPS) is 11.8. The third kappa shape index (κ3) is 5.29. The molecule has 3 aromatic carbocycles. The van der Waals surface area contributed by atoms with Crippen LogP contribution in [0, 0.1) is 0 Å². The topological polar surface area (TPSA) is 26.3 Å². The molecule has 0 unspecified atom stereocenters. The van der Waals surface area contributed by atoms with E-state index in [0.717, 1.165) is 16.2 Å². The summed E-state index contributed by atoms with van der Waals surface area (Å²) < 4.78 is 5.16. The molecule has 0 spiro atoms. The van der Waals surface area contributed by atoms with E-state index in [1.807, 2.05) is 42.5 Å². The fourth-order valence-corrected chi connectivity index (χ4v) is 4.38. The van der Waals surface area contributed by atoms with Crippen molar-refractivity contribution in [1.82, 2.24) is 0 Å². The minimum atomic E-state index is -0.0560. The number of ether oxygens (including phenoxy) is 1. The van der Waals surface area contributed by atoms with E-state index in [1.54, 1.807) is 49.2 Å². The number of carbonyl (C=O) groups is 1. The lowest BCUT2D eigenvalue weighted by Crippen LogP contribution is -2.05. The first kappa shape index (κ1) is 19.8. The highest BCUT2D eigenvalue weighted by atomic mass is 35.5. The van der Waals surface area contributed by atoms with Crippen LogP contribution in [-0.4, -0.2) is 12.9 Å². The highest BCUT2D eigenvalue weighted by Gasteiger charge is 2.20. The second kappa shape index (κ2) is 9.32. The Hall–Kier alpha value is -1.94. The summed E-state index contributed by atoms with van der Waals surface area (Å²) in [7, 11) is 1.61. The molecule has 2 nitrogen and oxygen atoms in total. The van der Waals surface area contributed by atoms with Gasteiger partial charge in [-0.25, -0.2) is 0 Å². The van der Waals surface area contributed by atoms with Gasteiger partial charge in [-0.15, -0.1) is 11.8 Å². The van der Waals surface area contributed by atoms with Gasteiger partial charge in [-0.1, -0.05) is 53.5 Å². The number of halogens is 2. The second-order valence-corrected chi connectivity index (χ2v) is 8.04. The summed E-state index contributed by atoms with van der Waals surface area (Å²) in [5.74, 6) is 0.803.